The number of hydrogen-bond acceptors (Lipinski definition) is 4. The number of benzene rings is 3. The summed E-state index contributed by atoms with van der Waals surface area (Å²) in [5.74, 6) is 1.47. The summed E-state index contributed by atoms with van der Waals surface area (Å²) in [5, 5.41) is 2.08. The summed E-state index contributed by atoms with van der Waals surface area (Å²) in [7, 11) is 0. The van der Waals surface area contributed by atoms with Gasteiger partial charge in [-0.15, -0.1) is 0 Å². The van der Waals surface area contributed by atoms with Crippen LogP contribution in [0.15, 0.2) is 78.9 Å². The summed E-state index contributed by atoms with van der Waals surface area (Å²) in [6.45, 7) is 2.89. The molecule has 158 valence electrons. The van der Waals surface area contributed by atoms with Crippen molar-refractivity contribution in [1.29, 1.82) is 0 Å². The van der Waals surface area contributed by atoms with Crippen LogP contribution in [-0.2, 0) is 0 Å². The lowest BCUT2D eigenvalue weighted by Crippen LogP contribution is -2.43. The van der Waals surface area contributed by atoms with E-state index in [0.29, 0.717) is 0 Å². The van der Waals surface area contributed by atoms with E-state index in [1.165, 1.54) is 12.1 Å². The van der Waals surface area contributed by atoms with E-state index in [-0.39, 0.29) is 18.1 Å². The first-order chi connectivity index (χ1) is 15.2. The van der Waals surface area contributed by atoms with Crippen LogP contribution in [0.1, 0.15) is 48.7 Å². The number of para-hydroxylation sites is 1. The van der Waals surface area contributed by atoms with Crippen LogP contribution in [0.25, 0.3) is 5.70 Å². The van der Waals surface area contributed by atoms with Crippen molar-refractivity contribution in [3.63, 3.8) is 0 Å². The minimum absolute atomic E-state index is 0.00971. The maximum atomic E-state index is 13.5. The predicted molar refractivity (Wildman–Crippen MR) is 119 cm³/mol. The average Bonchev–Trinajstić information content (AvgIpc) is 3.26. The van der Waals surface area contributed by atoms with Crippen LogP contribution in [0.2, 0.25) is 0 Å². The van der Waals surface area contributed by atoms with E-state index in [2.05, 4.69) is 41.6 Å². The molecular weight excluding hydrogens is 391 g/mol. The van der Waals surface area contributed by atoms with Gasteiger partial charge in [-0.2, -0.15) is 5.01 Å². The third-order valence-electron chi connectivity index (χ3n) is 5.69. The molecule has 2 aliphatic rings. The summed E-state index contributed by atoms with van der Waals surface area (Å²) in [4.78, 5) is 0. The molecule has 0 saturated heterocycles. The Labute approximate surface area is 181 Å². The highest BCUT2D eigenvalue weighted by molar-refractivity contribution is 5.68. The van der Waals surface area contributed by atoms with Gasteiger partial charge in [-0.25, -0.2) is 4.39 Å². The lowest BCUT2D eigenvalue weighted by atomic mass is 10.0. The third kappa shape index (κ3) is 3.89. The molecule has 2 atom stereocenters. The predicted octanol–water partition coefficient (Wildman–Crippen LogP) is 6.00. The Kier molecular flexibility index (Phi) is 5.35. The molecule has 0 saturated carbocycles. The molecule has 2 unspecified atom stereocenters. The second kappa shape index (κ2) is 8.44. The average molecular weight is 416 g/mol. The van der Waals surface area contributed by atoms with Crippen molar-refractivity contribution in [3.8, 4) is 11.5 Å². The number of nitrogens with zero attached hydrogens (tertiary/aromatic N) is 1. The fourth-order valence-electron chi connectivity index (χ4n) is 4.02. The smallest absolute Gasteiger partial charge is 0.195 e. The first-order valence-corrected chi connectivity index (χ1v) is 10.7. The normalized spacial score (nSPS) is 19.6. The Morgan fingerprint density at radius 2 is 1.77 bits per heavy atom. The molecular formula is C26H25FN2O2. The van der Waals surface area contributed by atoms with E-state index in [1.807, 2.05) is 30.3 Å². The molecule has 0 aliphatic carbocycles. The van der Waals surface area contributed by atoms with E-state index in [4.69, 9.17) is 9.47 Å². The molecule has 5 heteroatoms. The number of nitrogens with one attached hydrogen (secondary N) is 1. The zero-order chi connectivity index (χ0) is 21.2. The number of hydrazine groups is 1. The highest BCUT2D eigenvalue weighted by Gasteiger charge is 2.39. The van der Waals surface area contributed by atoms with E-state index in [9.17, 15) is 4.39 Å². The van der Waals surface area contributed by atoms with Gasteiger partial charge in [-0.1, -0.05) is 43.7 Å². The molecule has 4 nitrogen and oxygen atoms in total. The second-order valence-corrected chi connectivity index (χ2v) is 7.83. The summed E-state index contributed by atoms with van der Waals surface area (Å²) in [5.41, 5.74) is 7.60. The van der Waals surface area contributed by atoms with Crippen molar-refractivity contribution in [1.82, 2.24) is 10.4 Å². The summed E-state index contributed by atoms with van der Waals surface area (Å²) >= 11 is 0. The van der Waals surface area contributed by atoms with Crippen LogP contribution < -0.4 is 14.9 Å². The van der Waals surface area contributed by atoms with Gasteiger partial charge in [-0.05, 0) is 60.5 Å². The van der Waals surface area contributed by atoms with Crippen molar-refractivity contribution in [3.05, 3.63) is 101 Å². The summed E-state index contributed by atoms with van der Waals surface area (Å²) in [6.07, 6.45) is 4.01. The van der Waals surface area contributed by atoms with Crippen molar-refractivity contribution < 1.29 is 13.9 Å². The molecule has 1 N–H and O–H groups in total. The number of ether oxygens (including phenoxy) is 2. The molecule has 2 aliphatic heterocycles. The molecule has 0 aromatic heterocycles. The van der Waals surface area contributed by atoms with Gasteiger partial charge in [0, 0.05) is 11.1 Å². The Hall–Kier alpha value is -3.31. The monoisotopic (exact) mass is 416 g/mol. The largest absolute Gasteiger partial charge is 0.494 e. The molecule has 0 radical (unpaired) electrons. The lowest BCUT2D eigenvalue weighted by Gasteiger charge is -2.38. The van der Waals surface area contributed by atoms with Gasteiger partial charge in [-0.3, -0.25) is 0 Å². The van der Waals surface area contributed by atoms with Crippen molar-refractivity contribution in [2.45, 2.75) is 32.0 Å². The van der Waals surface area contributed by atoms with E-state index >= 15 is 0 Å². The van der Waals surface area contributed by atoms with Crippen LogP contribution in [0.5, 0.6) is 11.5 Å². The molecule has 3 aromatic carbocycles. The molecule has 0 bridgehead atoms. The lowest BCUT2D eigenvalue weighted by molar-refractivity contribution is -0.0326. The molecule has 2 heterocycles. The third-order valence-corrected chi connectivity index (χ3v) is 5.69. The van der Waals surface area contributed by atoms with Crippen molar-refractivity contribution in [2.24, 2.45) is 0 Å². The number of halogens is 1. The van der Waals surface area contributed by atoms with Crippen molar-refractivity contribution in [2.75, 3.05) is 6.61 Å². The van der Waals surface area contributed by atoms with Crippen LogP contribution in [0.4, 0.5) is 4.39 Å². The fourth-order valence-corrected chi connectivity index (χ4v) is 4.02. The first kappa shape index (κ1) is 19.6. The number of hydrogen-bond donors (Lipinski definition) is 1. The van der Waals surface area contributed by atoms with Gasteiger partial charge >= 0.3 is 0 Å². The van der Waals surface area contributed by atoms with Gasteiger partial charge in [0.1, 0.15) is 17.3 Å². The van der Waals surface area contributed by atoms with Crippen LogP contribution in [-0.4, -0.2) is 11.6 Å². The van der Waals surface area contributed by atoms with E-state index in [0.717, 1.165) is 53.3 Å². The standard InChI is InChI=1S/C26H25FN2O2/c1-2-3-16-30-21-14-10-18(11-15-21)23-17-24-22-6-4-5-7-25(22)31-26(29(24)28-23)19-8-12-20(27)13-9-19/h4-15,17,24,26,28H,2-3,16H2,1H3. The van der Waals surface area contributed by atoms with E-state index < -0.39 is 0 Å². The SMILES string of the molecule is CCCCOc1ccc(C2=CC3c4ccccc4OC(c4ccc(F)cc4)N3N2)cc1. The highest BCUT2D eigenvalue weighted by Crippen LogP contribution is 2.45. The molecule has 0 amide bonds. The topological polar surface area (TPSA) is 33.7 Å². The van der Waals surface area contributed by atoms with Gasteiger partial charge in [0.15, 0.2) is 6.23 Å². The Balaban J connectivity index is 1.44. The van der Waals surface area contributed by atoms with Crippen LogP contribution >= 0.6 is 0 Å². The van der Waals surface area contributed by atoms with Gasteiger partial charge in [0.25, 0.3) is 0 Å². The molecule has 0 spiro atoms. The van der Waals surface area contributed by atoms with Gasteiger partial charge < -0.3 is 14.9 Å². The number of unbranched alkanes of at least 4 members (excludes halogenated alkanes) is 1. The molecule has 5 rings (SSSR count). The maximum Gasteiger partial charge on any atom is 0.195 e. The van der Waals surface area contributed by atoms with Crippen LogP contribution in [0.3, 0.4) is 0 Å². The molecule has 0 fully saturated rings. The Morgan fingerprint density at radius 3 is 2.55 bits per heavy atom. The number of fused-ring (bicyclic) bond motifs is 3. The molecule has 3 aromatic rings. The zero-order valence-electron chi connectivity index (χ0n) is 17.4. The van der Waals surface area contributed by atoms with Crippen LogP contribution in [0, 0.1) is 5.82 Å². The molecule has 31 heavy (non-hydrogen) atoms. The quantitative estimate of drug-likeness (QED) is 0.500. The Morgan fingerprint density at radius 1 is 1.00 bits per heavy atom. The van der Waals surface area contributed by atoms with Gasteiger partial charge in [0.05, 0.1) is 18.3 Å². The fraction of sp³-hybridized carbons (Fsp3) is 0.231. The second-order valence-electron chi connectivity index (χ2n) is 7.83. The Bertz CT molecular complexity index is 1080. The summed E-state index contributed by atoms with van der Waals surface area (Å²) in [6, 6.07) is 22.7. The van der Waals surface area contributed by atoms with E-state index in [1.54, 1.807) is 12.1 Å². The minimum atomic E-state index is -0.370. The number of rotatable bonds is 6. The van der Waals surface area contributed by atoms with Gasteiger partial charge in [0.2, 0.25) is 0 Å². The zero-order valence-corrected chi connectivity index (χ0v) is 17.4. The highest BCUT2D eigenvalue weighted by atomic mass is 19.1. The maximum absolute atomic E-state index is 13.5. The first-order valence-electron chi connectivity index (χ1n) is 10.7. The summed E-state index contributed by atoms with van der Waals surface area (Å²) < 4.78 is 25.6. The van der Waals surface area contributed by atoms with Crippen molar-refractivity contribution >= 4 is 5.70 Å². The minimum Gasteiger partial charge on any atom is -0.494 e.